The average Bonchev–Trinajstić information content (AvgIpc) is 3.21. The highest BCUT2D eigenvalue weighted by Crippen LogP contribution is 2.13. The summed E-state index contributed by atoms with van der Waals surface area (Å²) in [6.07, 6.45) is 2.58. The molecule has 0 radical (unpaired) electrons. The van der Waals surface area contributed by atoms with Crippen molar-refractivity contribution in [3.05, 3.63) is 35.9 Å². The zero-order valence-corrected chi connectivity index (χ0v) is 21.2. The lowest BCUT2D eigenvalue weighted by Gasteiger charge is -2.18. The zero-order valence-electron chi connectivity index (χ0n) is 21.2. The predicted octanol–water partition coefficient (Wildman–Crippen LogP) is -0.750. The number of carbonyl (C=O) groups is 7. The molecule has 1 saturated heterocycles. The van der Waals surface area contributed by atoms with E-state index in [0.29, 0.717) is 25.8 Å². The third-order valence-electron chi connectivity index (χ3n) is 5.56. The molecule has 1 heterocycles. The van der Waals surface area contributed by atoms with Gasteiger partial charge in [-0.15, -0.1) is 0 Å². The standard InChI is InChI=1S/C25H33N5O8/c1-17(31)38-29-25(37)19(14-18-8-4-2-5-9-18)28-22(34)16-27-21(33)15-26-20(32)10-6-3-7-13-30-23(35)11-12-24(30)36/h2,4-5,8-9,19H,3,6-7,10-16H2,1H3,(H,26,32)(H,27,33)(H,28,34)(H,29,37)/t19-/m0/s1. The number of amides is 6. The monoisotopic (exact) mass is 531 g/mol. The molecule has 206 valence electrons. The van der Waals surface area contributed by atoms with Crippen LogP contribution in [-0.4, -0.2) is 72.0 Å². The summed E-state index contributed by atoms with van der Waals surface area (Å²) in [5.74, 6) is -3.39. The van der Waals surface area contributed by atoms with E-state index in [1.54, 1.807) is 30.3 Å². The Hall–Kier alpha value is -4.29. The van der Waals surface area contributed by atoms with Crippen LogP contribution in [0.1, 0.15) is 51.0 Å². The van der Waals surface area contributed by atoms with Crippen molar-refractivity contribution >= 4 is 41.4 Å². The van der Waals surface area contributed by atoms with Crippen LogP contribution in [0.3, 0.4) is 0 Å². The minimum absolute atomic E-state index is 0.119. The molecule has 6 amide bonds. The van der Waals surface area contributed by atoms with E-state index in [4.69, 9.17) is 0 Å². The molecule has 0 aromatic heterocycles. The third kappa shape index (κ3) is 11.2. The van der Waals surface area contributed by atoms with Crippen LogP contribution in [0.4, 0.5) is 0 Å². The van der Waals surface area contributed by atoms with E-state index in [1.165, 1.54) is 4.90 Å². The molecule has 1 atom stereocenters. The second-order valence-corrected chi connectivity index (χ2v) is 8.67. The van der Waals surface area contributed by atoms with Crippen LogP contribution in [0.15, 0.2) is 30.3 Å². The summed E-state index contributed by atoms with van der Waals surface area (Å²) in [6.45, 7) is 0.695. The molecular weight excluding hydrogens is 498 g/mol. The second-order valence-electron chi connectivity index (χ2n) is 8.67. The van der Waals surface area contributed by atoms with E-state index in [0.717, 1.165) is 12.5 Å². The van der Waals surface area contributed by atoms with E-state index in [1.807, 2.05) is 5.48 Å². The average molecular weight is 532 g/mol. The van der Waals surface area contributed by atoms with Crippen molar-refractivity contribution in [3.63, 3.8) is 0 Å². The maximum absolute atomic E-state index is 12.4. The Morgan fingerprint density at radius 3 is 2.16 bits per heavy atom. The molecule has 13 nitrogen and oxygen atoms in total. The first kappa shape index (κ1) is 29.9. The third-order valence-corrected chi connectivity index (χ3v) is 5.56. The Balaban J connectivity index is 1.65. The quantitative estimate of drug-likeness (QED) is 0.137. The molecule has 0 bridgehead atoms. The fourth-order valence-corrected chi connectivity index (χ4v) is 3.61. The van der Waals surface area contributed by atoms with E-state index >= 15 is 0 Å². The van der Waals surface area contributed by atoms with Gasteiger partial charge in [-0.05, 0) is 18.4 Å². The fraction of sp³-hybridized carbons (Fsp3) is 0.480. The number of benzene rings is 1. The molecule has 0 unspecified atom stereocenters. The molecule has 1 fully saturated rings. The minimum atomic E-state index is -1.07. The molecule has 0 spiro atoms. The molecule has 1 aromatic carbocycles. The number of nitrogens with one attached hydrogen (secondary N) is 4. The van der Waals surface area contributed by atoms with Crippen LogP contribution in [0.2, 0.25) is 0 Å². The molecule has 4 N–H and O–H groups in total. The smallest absolute Gasteiger partial charge is 0.329 e. The van der Waals surface area contributed by atoms with Crippen molar-refractivity contribution in [2.24, 2.45) is 0 Å². The number of likely N-dealkylation sites (tertiary alicyclic amines) is 1. The Bertz CT molecular complexity index is 1010. The van der Waals surface area contributed by atoms with E-state index < -0.39 is 36.3 Å². The first-order valence-corrected chi connectivity index (χ1v) is 12.3. The van der Waals surface area contributed by atoms with Crippen molar-refractivity contribution in [2.75, 3.05) is 19.6 Å². The van der Waals surface area contributed by atoms with Gasteiger partial charge in [-0.25, -0.2) is 0 Å². The van der Waals surface area contributed by atoms with Crippen LogP contribution < -0.4 is 21.4 Å². The summed E-state index contributed by atoms with van der Waals surface area (Å²) in [6, 6.07) is 7.79. The largest absolute Gasteiger partial charge is 0.347 e. The number of unbranched alkanes of at least 4 members (excludes halogenated alkanes) is 2. The Morgan fingerprint density at radius 1 is 0.868 bits per heavy atom. The second kappa shape index (κ2) is 15.7. The maximum Gasteiger partial charge on any atom is 0.329 e. The zero-order chi connectivity index (χ0) is 27.9. The number of hydroxylamine groups is 1. The van der Waals surface area contributed by atoms with Crippen molar-refractivity contribution in [2.45, 2.75) is 57.9 Å². The van der Waals surface area contributed by atoms with E-state index in [2.05, 4.69) is 20.8 Å². The number of carbonyl (C=O) groups excluding carboxylic acids is 7. The van der Waals surface area contributed by atoms with Crippen molar-refractivity contribution < 1.29 is 38.4 Å². The van der Waals surface area contributed by atoms with Gasteiger partial charge in [0.05, 0.1) is 13.1 Å². The van der Waals surface area contributed by atoms with Gasteiger partial charge in [0.15, 0.2) is 0 Å². The Kier molecular flexibility index (Phi) is 12.4. The SMILES string of the molecule is CC(=O)ONC(=O)[C@H](Cc1ccccc1)NC(=O)CNC(=O)CNC(=O)CCCCCN1C(=O)CCC1=O. The topological polar surface area (TPSA) is 180 Å². The van der Waals surface area contributed by atoms with Gasteiger partial charge in [0.2, 0.25) is 29.5 Å². The van der Waals surface area contributed by atoms with Gasteiger partial charge < -0.3 is 20.8 Å². The molecule has 1 aliphatic heterocycles. The van der Waals surface area contributed by atoms with Crippen LogP contribution in [0.5, 0.6) is 0 Å². The lowest BCUT2D eigenvalue weighted by atomic mass is 10.1. The summed E-state index contributed by atoms with van der Waals surface area (Å²) in [4.78, 5) is 88.5. The highest BCUT2D eigenvalue weighted by atomic mass is 16.7. The highest BCUT2D eigenvalue weighted by Gasteiger charge is 2.28. The van der Waals surface area contributed by atoms with Gasteiger partial charge >= 0.3 is 5.97 Å². The molecular formula is C25H33N5O8. The van der Waals surface area contributed by atoms with Crippen LogP contribution in [0, 0.1) is 0 Å². The van der Waals surface area contributed by atoms with Gasteiger partial charge in [0.1, 0.15) is 6.04 Å². The van der Waals surface area contributed by atoms with E-state index in [9.17, 15) is 33.6 Å². The van der Waals surface area contributed by atoms with Gasteiger partial charge in [0, 0.05) is 39.2 Å². The molecule has 0 aliphatic carbocycles. The lowest BCUT2D eigenvalue weighted by Crippen LogP contribution is -2.51. The fourth-order valence-electron chi connectivity index (χ4n) is 3.61. The Labute approximate surface area is 220 Å². The van der Waals surface area contributed by atoms with Crippen LogP contribution in [0.25, 0.3) is 0 Å². The predicted molar refractivity (Wildman–Crippen MR) is 132 cm³/mol. The van der Waals surface area contributed by atoms with Crippen molar-refractivity contribution in [1.82, 2.24) is 26.3 Å². The molecule has 0 saturated carbocycles. The summed E-state index contributed by atoms with van der Waals surface area (Å²) >= 11 is 0. The molecule has 1 aromatic rings. The number of imide groups is 1. The normalized spacial score (nSPS) is 13.4. The van der Waals surface area contributed by atoms with Gasteiger partial charge in [-0.3, -0.25) is 38.5 Å². The number of rotatable bonds is 14. The summed E-state index contributed by atoms with van der Waals surface area (Å²) in [5, 5.41) is 7.30. The minimum Gasteiger partial charge on any atom is -0.347 e. The summed E-state index contributed by atoms with van der Waals surface area (Å²) < 4.78 is 0. The van der Waals surface area contributed by atoms with Gasteiger partial charge in [-0.1, -0.05) is 36.8 Å². The van der Waals surface area contributed by atoms with Crippen molar-refractivity contribution in [1.29, 1.82) is 0 Å². The number of hydrogen-bond donors (Lipinski definition) is 4. The number of nitrogens with zero attached hydrogens (tertiary/aromatic N) is 1. The summed E-state index contributed by atoms with van der Waals surface area (Å²) in [7, 11) is 0. The maximum atomic E-state index is 12.4. The highest BCUT2D eigenvalue weighted by molar-refractivity contribution is 6.01. The molecule has 13 heteroatoms. The number of hydrogen-bond acceptors (Lipinski definition) is 8. The van der Waals surface area contributed by atoms with Crippen molar-refractivity contribution in [3.8, 4) is 0 Å². The molecule has 2 rings (SSSR count). The molecule has 1 aliphatic rings. The van der Waals surface area contributed by atoms with Gasteiger partial charge in [0.25, 0.3) is 5.91 Å². The van der Waals surface area contributed by atoms with Crippen LogP contribution >= 0.6 is 0 Å². The molecule has 38 heavy (non-hydrogen) atoms. The van der Waals surface area contributed by atoms with Gasteiger partial charge in [-0.2, -0.15) is 5.48 Å². The van der Waals surface area contributed by atoms with E-state index in [-0.39, 0.29) is 49.9 Å². The lowest BCUT2D eigenvalue weighted by molar-refractivity contribution is -0.157. The first-order valence-electron chi connectivity index (χ1n) is 12.3. The first-order chi connectivity index (χ1) is 18.2. The summed E-state index contributed by atoms with van der Waals surface area (Å²) in [5.41, 5.74) is 2.73. The Morgan fingerprint density at radius 2 is 1.50 bits per heavy atom. The van der Waals surface area contributed by atoms with Crippen LogP contribution in [-0.2, 0) is 44.8 Å².